The molecule has 5 heterocycles. The number of hydrogen-bond donors (Lipinski definition) is 2. The normalized spacial score (nSPS) is 15.6. The molecule has 1 fully saturated rings. The zero-order valence-electron chi connectivity index (χ0n) is 22.6. The Labute approximate surface area is 243 Å². The molecule has 6 rings (SSSR count). The summed E-state index contributed by atoms with van der Waals surface area (Å²) < 4.78 is 66.6. The van der Waals surface area contributed by atoms with Crippen LogP contribution in [-0.4, -0.2) is 51.6 Å². The summed E-state index contributed by atoms with van der Waals surface area (Å²) in [5.74, 6) is -2.90. The second kappa shape index (κ2) is 12.2. The van der Waals surface area contributed by atoms with Crippen molar-refractivity contribution < 1.29 is 31.8 Å². The molecule has 1 saturated heterocycles. The Morgan fingerprint density at radius 1 is 1.07 bits per heavy atom. The van der Waals surface area contributed by atoms with E-state index in [1.165, 1.54) is 24.4 Å². The highest BCUT2D eigenvalue weighted by atomic mass is 19.3. The number of nitrogens with zero attached hydrogens (tertiary/aromatic N) is 3. The fraction of sp³-hybridized carbons (Fsp3) is 0.226. The molecule has 1 aliphatic rings. The molecule has 0 spiro atoms. The molecule has 1 aliphatic heterocycles. The number of pyridine rings is 3. The van der Waals surface area contributed by atoms with Gasteiger partial charge in [-0.1, -0.05) is 18.2 Å². The average molecular weight is 592 g/mol. The van der Waals surface area contributed by atoms with Crippen molar-refractivity contribution >= 4 is 22.8 Å². The highest BCUT2D eigenvalue weighted by Gasteiger charge is 2.27. The summed E-state index contributed by atoms with van der Waals surface area (Å²) in [6, 6.07) is 14.6. The molecule has 1 amide bonds. The predicted molar refractivity (Wildman–Crippen MR) is 151 cm³/mol. The van der Waals surface area contributed by atoms with Crippen molar-refractivity contribution in [3.63, 3.8) is 0 Å². The summed E-state index contributed by atoms with van der Waals surface area (Å²) in [7, 11) is 0. The first-order valence-electron chi connectivity index (χ1n) is 13.5. The average Bonchev–Trinajstić information content (AvgIpc) is 3.65. The highest BCUT2D eigenvalue weighted by Crippen LogP contribution is 2.40. The van der Waals surface area contributed by atoms with Crippen LogP contribution in [0.2, 0.25) is 0 Å². The minimum Gasteiger partial charge on any atom is -0.485 e. The van der Waals surface area contributed by atoms with Gasteiger partial charge >= 0.3 is 0 Å². The van der Waals surface area contributed by atoms with Gasteiger partial charge in [0, 0.05) is 36.9 Å². The molecule has 0 bridgehead atoms. The van der Waals surface area contributed by atoms with Gasteiger partial charge in [0.1, 0.15) is 34.5 Å². The number of benzene rings is 1. The van der Waals surface area contributed by atoms with E-state index in [0.29, 0.717) is 53.2 Å². The van der Waals surface area contributed by atoms with Gasteiger partial charge in [-0.05, 0) is 42.0 Å². The van der Waals surface area contributed by atoms with Crippen molar-refractivity contribution in [2.45, 2.75) is 31.3 Å². The number of halogens is 4. The van der Waals surface area contributed by atoms with Gasteiger partial charge in [0.2, 0.25) is 18.3 Å². The molecular weight excluding hydrogens is 566 g/mol. The Morgan fingerprint density at radius 3 is 2.63 bits per heavy atom. The molecule has 2 N–H and O–H groups in total. The van der Waals surface area contributed by atoms with Gasteiger partial charge in [0.15, 0.2) is 0 Å². The molecule has 0 saturated carbocycles. The lowest BCUT2D eigenvalue weighted by molar-refractivity contribution is -0.118. The van der Waals surface area contributed by atoms with Crippen LogP contribution >= 0.6 is 0 Å². The van der Waals surface area contributed by atoms with Crippen LogP contribution < -0.4 is 10.1 Å². The minimum absolute atomic E-state index is 0.0909. The molecule has 2 atom stereocenters. The number of hydrogen-bond acceptors (Lipinski definition) is 6. The quantitative estimate of drug-likeness (QED) is 0.150. The number of carbonyl (C=O) groups excluding carboxylic acids is 1. The minimum atomic E-state index is -2.77. The number of carbonyl (C=O) groups is 1. The van der Waals surface area contributed by atoms with Crippen molar-refractivity contribution in [1.29, 1.82) is 0 Å². The zero-order chi connectivity index (χ0) is 29.9. The van der Waals surface area contributed by atoms with Crippen LogP contribution in [0, 0.1) is 11.8 Å². The Balaban J connectivity index is 1.40. The Kier molecular flexibility index (Phi) is 8.01. The smallest absolute Gasteiger partial charge is 0.239 e. The summed E-state index contributed by atoms with van der Waals surface area (Å²) in [5, 5.41) is 2.61. The summed E-state index contributed by atoms with van der Waals surface area (Å²) in [6.07, 6.45) is -0.0760. The van der Waals surface area contributed by atoms with Gasteiger partial charge in [-0.25, -0.2) is 23.1 Å². The number of aromatic nitrogens is 4. The van der Waals surface area contributed by atoms with E-state index < -0.39 is 36.4 Å². The third-order valence-corrected chi connectivity index (χ3v) is 7.09. The van der Waals surface area contributed by atoms with Crippen molar-refractivity contribution in [3.05, 3.63) is 90.4 Å². The first-order valence-corrected chi connectivity index (χ1v) is 13.5. The second-order valence-electron chi connectivity index (χ2n) is 10.0. The predicted octanol–water partition coefficient (Wildman–Crippen LogP) is 6.51. The van der Waals surface area contributed by atoms with E-state index >= 15 is 0 Å². The zero-order valence-corrected chi connectivity index (χ0v) is 22.6. The van der Waals surface area contributed by atoms with Crippen LogP contribution in [-0.2, 0) is 9.53 Å². The molecule has 43 heavy (non-hydrogen) atoms. The Morgan fingerprint density at radius 2 is 1.91 bits per heavy atom. The van der Waals surface area contributed by atoms with E-state index in [9.17, 15) is 22.4 Å². The third kappa shape index (κ3) is 6.19. The summed E-state index contributed by atoms with van der Waals surface area (Å²) in [6.45, 7) is 0.922. The Bertz CT molecular complexity index is 1740. The number of ether oxygens (including phenoxy) is 2. The largest absolute Gasteiger partial charge is 0.485 e. The van der Waals surface area contributed by atoms with Crippen LogP contribution in [0.25, 0.3) is 33.5 Å². The van der Waals surface area contributed by atoms with Gasteiger partial charge in [0.25, 0.3) is 0 Å². The van der Waals surface area contributed by atoms with Gasteiger partial charge < -0.3 is 19.8 Å². The van der Waals surface area contributed by atoms with E-state index in [4.69, 9.17) is 9.47 Å². The van der Waals surface area contributed by atoms with Gasteiger partial charge in [-0.3, -0.25) is 9.78 Å². The fourth-order valence-electron chi connectivity index (χ4n) is 5.09. The van der Waals surface area contributed by atoms with Gasteiger partial charge in [0.05, 0.1) is 36.1 Å². The molecular formula is C31H25F4N5O3. The van der Waals surface area contributed by atoms with E-state index in [2.05, 4.69) is 25.3 Å². The van der Waals surface area contributed by atoms with Crippen LogP contribution in [0.4, 0.5) is 23.4 Å². The fourth-order valence-corrected chi connectivity index (χ4v) is 5.09. The van der Waals surface area contributed by atoms with E-state index in [1.807, 2.05) is 0 Å². The maximum absolute atomic E-state index is 14.8. The van der Waals surface area contributed by atoms with Crippen LogP contribution in [0.15, 0.2) is 73.1 Å². The first-order chi connectivity index (χ1) is 20.9. The second-order valence-corrected chi connectivity index (χ2v) is 10.0. The number of aromatic amines is 1. The molecule has 8 nitrogen and oxygen atoms in total. The summed E-state index contributed by atoms with van der Waals surface area (Å²) in [5.41, 5.74) is 3.02. The maximum atomic E-state index is 14.8. The van der Waals surface area contributed by atoms with Crippen LogP contribution in [0.3, 0.4) is 0 Å². The lowest BCUT2D eigenvalue weighted by atomic mass is 9.95. The number of H-pyrrole nitrogens is 1. The molecule has 0 unspecified atom stereocenters. The molecule has 5 aromatic rings. The third-order valence-electron chi connectivity index (χ3n) is 7.09. The monoisotopic (exact) mass is 591 g/mol. The van der Waals surface area contributed by atoms with E-state index in [1.54, 1.807) is 36.5 Å². The Hall–Kier alpha value is -4.84. The number of amides is 1. The van der Waals surface area contributed by atoms with Crippen molar-refractivity contribution in [2.75, 3.05) is 18.5 Å². The van der Waals surface area contributed by atoms with Crippen LogP contribution in [0.1, 0.15) is 24.3 Å². The van der Waals surface area contributed by atoms with Crippen molar-refractivity contribution in [2.24, 2.45) is 0 Å². The van der Waals surface area contributed by atoms with Gasteiger partial charge in [-0.2, -0.15) is 4.39 Å². The van der Waals surface area contributed by atoms with E-state index in [0.717, 1.165) is 12.1 Å². The molecule has 0 aliphatic carbocycles. The van der Waals surface area contributed by atoms with Crippen LogP contribution in [0.5, 0.6) is 5.75 Å². The highest BCUT2D eigenvalue weighted by molar-refractivity contribution is 6.03. The topological polar surface area (TPSA) is 102 Å². The van der Waals surface area contributed by atoms with E-state index in [-0.39, 0.29) is 23.2 Å². The summed E-state index contributed by atoms with van der Waals surface area (Å²) in [4.78, 5) is 29.3. The summed E-state index contributed by atoms with van der Waals surface area (Å²) >= 11 is 0. The molecule has 1 aromatic carbocycles. The number of rotatable bonds is 9. The lowest BCUT2D eigenvalue weighted by Crippen LogP contribution is -2.23. The lowest BCUT2D eigenvalue weighted by Gasteiger charge is -2.17. The van der Waals surface area contributed by atoms with Gasteiger partial charge in [-0.15, -0.1) is 0 Å². The molecule has 220 valence electrons. The SMILES string of the molecule is O=C(Nc1cc(-c2[nH]c3c(O[C@H]4CCOC4)cc(F)nc3c2-c2ccccn2)ccn1)[C@@H](CC(F)F)c1ccc(F)cc1. The van der Waals surface area contributed by atoms with Crippen molar-refractivity contribution in [3.8, 4) is 28.3 Å². The molecule has 12 heteroatoms. The number of alkyl halides is 2. The first kappa shape index (κ1) is 28.3. The number of nitrogens with one attached hydrogen (secondary N) is 2. The number of anilines is 1. The standard InChI is InChI=1S/C31H25F4N5O3/c32-19-6-4-17(5-7-19)21(14-24(33)34)31(41)39-26-13-18(8-11-37-26)28-27(22-3-1-2-10-36-22)30-29(40-28)23(15-25(35)38-30)43-20-9-12-42-16-20/h1-8,10-11,13,15,20-21,24,40H,9,12,14,16H2,(H,37,39,41)/t20-,21-/m0/s1. The van der Waals surface area contributed by atoms with Crippen molar-refractivity contribution in [1.82, 2.24) is 19.9 Å². The number of fused-ring (bicyclic) bond motifs is 1. The maximum Gasteiger partial charge on any atom is 0.239 e. The molecule has 4 aromatic heterocycles. The molecule has 0 radical (unpaired) electrons.